The first kappa shape index (κ1) is 14.6. The van der Waals surface area contributed by atoms with Crippen molar-refractivity contribution in [2.24, 2.45) is 0 Å². The van der Waals surface area contributed by atoms with Crippen LogP contribution in [0.3, 0.4) is 0 Å². The highest BCUT2D eigenvalue weighted by atomic mass is 16.6. The van der Waals surface area contributed by atoms with Crippen molar-refractivity contribution in [3.05, 3.63) is 28.3 Å². The maximum atomic E-state index is 11.0. The van der Waals surface area contributed by atoms with Crippen LogP contribution in [0.1, 0.15) is 19.8 Å². The van der Waals surface area contributed by atoms with Gasteiger partial charge in [-0.2, -0.15) is 0 Å². The number of nitrogens with one attached hydrogen (secondary N) is 1. The molecule has 110 valence electrons. The Kier molecular flexibility index (Phi) is 4.79. The van der Waals surface area contributed by atoms with Gasteiger partial charge in [0.25, 0.3) is 5.69 Å². The molecule has 0 radical (unpaired) electrons. The van der Waals surface area contributed by atoms with Crippen LogP contribution < -0.4 is 15.0 Å². The van der Waals surface area contributed by atoms with E-state index in [1.165, 1.54) is 19.6 Å². The monoisotopic (exact) mass is 279 g/mol. The second-order valence-corrected chi connectivity index (χ2v) is 4.98. The maximum Gasteiger partial charge on any atom is 0.275 e. The summed E-state index contributed by atoms with van der Waals surface area (Å²) in [5, 5.41) is 14.4. The van der Waals surface area contributed by atoms with E-state index < -0.39 is 0 Å². The van der Waals surface area contributed by atoms with Gasteiger partial charge in [0, 0.05) is 37.0 Å². The first-order valence-electron chi connectivity index (χ1n) is 6.96. The summed E-state index contributed by atoms with van der Waals surface area (Å²) in [4.78, 5) is 12.8. The molecule has 1 N–H and O–H groups in total. The highest BCUT2D eigenvalue weighted by molar-refractivity contribution is 5.58. The van der Waals surface area contributed by atoms with Crippen LogP contribution >= 0.6 is 0 Å². The molecule has 6 nitrogen and oxygen atoms in total. The predicted molar refractivity (Wildman–Crippen MR) is 78.6 cm³/mol. The third-order valence-electron chi connectivity index (χ3n) is 3.67. The highest BCUT2D eigenvalue weighted by Gasteiger charge is 2.19. The zero-order chi connectivity index (χ0) is 14.5. The minimum Gasteiger partial charge on any atom is -0.496 e. The van der Waals surface area contributed by atoms with Gasteiger partial charge in [-0.1, -0.05) is 0 Å². The minimum absolute atomic E-state index is 0.0668. The number of non-ortho nitro benzene ring substituents is 1. The lowest BCUT2D eigenvalue weighted by Crippen LogP contribution is -2.37. The number of ether oxygens (including phenoxy) is 1. The second-order valence-electron chi connectivity index (χ2n) is 4.98. The van der Waals surface area contributed by atoms with Gasteiger partial charge in [0.2, 0.25) is 0 Å². The molecule has 1 aromatic carbocycles. The van der Waals surface area contributed by atoms with E-state index in [0.29, 0.717) is 11.8 Å². The Morgan fingerprint density at radius 3 is 2.85 bits per heavy atom. The van der Waals surface area contributed by atoms with Gasteiger partial charge in [0.15, 0.2) is 0 Å². The smallest absolute Gasteiger partial charge is 0.275 e. The molecular weight excluding hydrogens is 258 g/mol. The van der Waals surface area contributed by atoms with E-state index in [0.717, 1.165) is 31.7 Å². The molecule has 0 spiro atoms. The predicted octanol–water partition coefficient (Wildman–Crippen LogP) is 2.18. The quantitative estimate of drug-likeness (QED) is 0.638. The summed E-state index contributed by atoms with van der Waals surface area (Å²) >= 11 is 0. The lowest BCUT2D eigenvalue weighted by atomic mass is 10.2. The van der Waals surface area contributed by atoms with Crippen molar-refractivity contribution < 1.29 is 9.66 Å². The lowest BCUT2D eigenvalue weighted by molar-refractivity contribution is -0.384. The molecule has 1 aliphatic rings. The number of methoxy groups -OCH3 is 1. The topological polar surface area (TPSA) is 67.6 Å². The summed E-state index contributed by atoms with van der Waals surface area (Å²) in [5.41, 5.74) is 0.907. The molecule has 0 aromatic heterocycles. The van der Waals surface area contributed by atoms with Crippen molar-refractivity contribution in [2.75, 3.05) is 31.6 Å². The van der Waals surface area contributed by atoms with Crippen molar-refractivity contribution >= 4 is 11.4 Å². The fourth-order valence-corrected chi connectivity index (χ4v) is 2.57. The van der Waals surface area contributed by atoms with Crippen molar-refractivity contribution in [1.29, 1.82) is 0 Å². The number of hydrogen-bond donors (Lipinski definition) is 1. The summed E-state index contributed by atoms with van der Waals surface area (Å²) in [7, 11) is 1.53. The molecule has 0 amide bonds. The SMILES string of the molecule is CCN(CC1CCCN1)c1cc(OC)cc([N+](=O)[O-])c1. The van der Waals surface area contributed by atoms with E-state index in [2.05, 4.69) is 17.1 Å². The van der Waals surface area contributed by atoms with Crippen LogP contribution in [-0.2, 0) is 0 Å². The van der Waals surface area contributed by atoms with Crippen LogP contribution in [0.15, 0.2) is 18.2 Å². The van der Waals surface area contributed by atoms with Gasteiger partial charge in [-0.05, 0) is 26.3 Å². The zero-order valence-corrected chi connectivity index (χ0v) is 12.0. The summed E-state index contributed by atoms with van der Waals surface area (Å²) < 4.78 is 5.16. The largest absolute Gasteiger partial charge is 0.496 e. The van der Waals surface area contributed by atoms with Gasteiger partial charge < -0.3 is 15.0 Å². The second kappa shape index (κ2) is 6.56. The van der Waals surface area contributed by atoms with Gasteiger partial charge >= 0.3 is 0 Å². The third kappa shape index (κ3) is 3.39. The van der Waals surface area contributed by atoms with Crippen LogP contribution in [-0.4, -0.2) is 37.7 Å². The molecule has 1 aromatic rings. The molecule has 0 saturated carbocycles. The van der Waals surface area contributed by atoms with Gasteiger partial charge in [0.05, 0.1) is 18.1 Å². The molecule has 1 saturated heterocycles. The highest BCUT2D eigenvalue weighted by Crippen LogP contribution is 2.28. The number of likely N-dealkylation sites (N-methyl/N-ethyl adjacent to an activating group) is 1. The van der Waals surface area contributed by atoms with Gasteiger partial charge in [-0.25, -0.2) is 0 Å². The zero-order valence-electron chi connectivity index (χ0n) is 12.0. The van der Waals surface area contributed by atoms with Crippen LogP contribution in [0.5, 0.6) is 5.75 Å². The number of benzene rings is 1. The van der Waals surface area contributed by atoms with Crippen LogP contribution in [0.4, 0.5) is 11.4 Å². The van der Waals surface area contributed by atoms with E-state index >= 15 is 0 Å². The Hall–Kier alpha value is -1.82. The maximum absolute atomic E-state index is 11.0. The molecule has 1 heterocycles. The third-order valence-corrected chi connectivity index (χ3v) is 3.67. The van der Waals surface area contributed by atoms with Crippen molar-refractivity contribution in [3.63, 3.8) is 0 Å². The summed E-state index contributed by atoms with van der Waals surface area (Å²) in [6.07, 6.45) is 2.35. The molecule has 6 heteroatoms. The molecule has 2 rings (SSSR count). The molecule has 1 aliphatic heterocycles. The van der Waals surface area contributed by atoms with E-state index in [-0.39, 0.29) is 10.6 Å². The Morgan fingerprint density at radius 2 is 2.30 bits per heavy atom. The van der Waals surface area contributed by atoms with Crippen LogP contribution in [0, 0.1) is 10.1 Å². The molecule has 0 bridgehead atoms. The molecule has 20 heavy (non-hydrogen) atoms. The number of nitro benzene ring substituents is 1. The van der Waals surface area contributed by atoms with Crippen molar-refractivity contribution in [2.45, 2.75) is 25.8 Å². The normalized spacial score (nSPS) is 18.0. The Labute approximate surface area is 118 Å². The van der Waals surface area contributed by atoms with E-state index in [9.17, 15) is 10.1 Å². The molecule has 1 unspecified atom stereocenters. The number of nitro groups is 1. The summed E-state index contributed by atoms with van der Waals surface area (Å²) in [5.74, 6) is 0.520. The average Bonchev–Trinajstić information content (AvgIpc) is 2.97. The van der Waals surface area contributed by atoms with E-state index in [1.807, 2.05) is 6.07 Å². The van der Waals surface area contributed by atoms with Gasteiger partial charge in [-0.15, -0.1) is 0 Å². The van der Waals surface area contributed by atoms with Crippen LogP contribution in [0.25, 0.3) is 0 Å². The summed E-state index contributed by atoms with van der Waals surface area (Å²) in [6.45, 7) is 4.78. The number of hydrogen-bond acceptors (Lipinski definition) is 5. The Morgan fingerprint density at radius 1 is 1.50 bits per heavy atom. The van der Waals surface area contributed by atoms with E-state index in [4.69, 9.17) is 4.74 Å². The Bertz CT molecular complexity index is 473. The van der Waals surface area contributed by atoms with Crippen LogP contribution in [0.2, 0.25) is 0 Å². The number of anilines is 1. The van der Waals surface area contributed by atoms with Crippen molar-refractivity contribution in [3.8, 4) is 5.75 Å². The molecule has 1 fully saturated rings. The number of nitrogens with zero attached hydrogens (tertiary/aromatic N) is 2. The van der Waals surface area contributed by atoms with Gasteiger partial charge in [-0.3, -0.25) is 10.1 Å². The molecule has 1 atom stereocenters. The van der Waals surface area contributed by atoms with Gasteiger partial charge in [0.1, 0.15) is 5.75 Å². The first-order valence-corrected chi connectivity index (χ1v) is 6.96. The lowest BCUT2D eigenvalue weighted by Gasteiger charge is -2.26. The molecule has 0 aliphatic carbocycles. The minimum atomic E-state index is -0.381. The number of rotatable bonds is 6. The standard InChI is InChI=1S/C14H21N3O3/c1-3-16(10-11-5-4-6-15-11)12-7-13(17(18)19)9-14(8-12)20-2/h7-9,11,15H,3-6,10H2,1-2H3. The summed E-state index contributed by atoms with van der Waals surface area (Å²) in [6, 6.07) is 5.37. The van der Waals surface area contributed by atoms with Crippen molar-refractivity contribution in [1.82, 2.24) is 5.32 Å². The molecular formula is C14H21N3O3. The average molecular weight is 279 g/mol. The first-order chi connectivity index (χ1) is 9.63. The fourth-order valence-electron chi connectivity index (χ4n) is 2.57. The van der Waals surface area contributed by atoms with E-state index in [1.54, 1.807) is 6.07 Å². The fraction of sp³-hybridized carbons (Fsp3) is 0.571. The Balaban J connectivity index is 2.22.